The molecule has 2 fully saturated rings. The Bertz CT molecular complexity index is 1100. The summed E-state index contributed by atoms with van der Waals surface area (Å²) in [5, 5.41) is 0. The van der Waals surface area contributed by atoms with Gasteiger partial charge in [-0.15, -0.1) is 4.72 Å². The molecule has 2 aromatic rings. The Labute approximate surface area is 230 Å². The average molecular weight is 569 g/mol. The Kier molecular flexibility index (Phi) is 9.01. The molecule has 0 amide bonds. The first-order chi connectivity index (χ1) is 17.6. The fourth-order valence-corrected chi connectivity index (χ4v) is 6.79. The van der Waals surface area contributed by atoms with E-state index in [2.05, 4.69) is 30.4 Å². The Balaban J connectivity index is 1.75. The fraction of sp³-hybridized carbons (Fsp3) is 0.750. The summed E-state index contributed by atoms with van der Waals surface area (Å²) in [6.45, 7) is 13.5. The number of halogens is 2. The molecule has 0 bridgehead atoms. The van der Waals surface area contributed by atoms with Gasteiger partial charge in [0.2, 0.25) is 5.92 Å². The summed E-state index contributed by atoms with van der Waals surface area (Å²) in [4.78, 5) is 4.97. The number of imidazole rings is 1. The van der Waals surface area contributed by atoms with Gasteiger partial charge in [-0.2, -0.15) is 0 Å². The van der Waals surface area contributed by atoms with Crippen LogP contribution in [-0.4, -0.2) is 39.5 Å². The van der Waals surface area contributed by atoms with Gasteiger partial charge in [0.25, 0.3) is 0 Å². The van der Waals surface area contributed by atoms with Gasteiger partial charge in [0.15, 0.2) is 0 Å². The maximum atomic E-state index is 14.6. The maximum Gasteiger partial charge on any atom is 0.248 e. The Morgan fingerprint density at radius 3 is 2.55 bits per heavy atom. The molecule has 214 valence electrons. The summed E-state index contributed by atoms with van der Waals surface area (Å²) in [6.07, 6.45) is 3.01. The second kappa shape index (κ2) is 11.4. The molecule has 38 heavy (non-hydrogen) atoms. The van der Waals surface area contributed by atoms with Gasteiger partial charge in [0, 0.05) is 44.9 Å². The van der Waals surface area contributed by atoms with Crippen molar-refractivity contribution in [3.63, 3.8) is 0 Å². The summed E-state index contributed by atoms with van der Waals surface area (Å²) in [5.74, 6) is -2.01. The van der Waals surface area contributed by atoms with Gasteiger partial charge in [-0.1, -0.05) is 25.7 Å². The standard InChI is InChI=1S/C28H46F2N4O2SSi/c1-27(2,3)37(35)33-25(21-8-7-13-28(29,30)17-21)26-32-22-12-11-20(24(31)19-9-10-19)16-23(22)34(26)18-36-14-15-38(4,5)6/h11-12,16,19,21,24-25,33H,7-10,13-15,17-18,31H2,1-6H3/t21-,24?,25?,37-/m1/s1. The van der Waals surface area contributed by atoms with E-state index in [0.717, 1.165) is 35.5 Å². The van der Waals surface area contributed by atoms with E-state index in [-0.39, 0.29) is 25.6 Å². The number of rotatable bonds is 11. The maximum absolute atomic E-state index is 14.6. The molecular formula is C28H46F2N4O2SSi. The topological polar surface area (TPSA) is 88.2 Å². The highest BCUT2D eigenvalue weighted by Gasteiger charge is 2.44. The molecule has 0 radical (unpaired) electrons. The van der Waals surface area contributed by atoms with Gasteiger partial charge < -0.3 is 19.6 Å². The minimum absolute atomic E-state index is 0.0293. The number of fused-ring (bicyclic) bond motifs is 1. The normalized spacial score (nSPS) is 22.9. The van der Waals surface area contributed by atoms with Gasteiger partial charge >= 0.3 is 0 Å². The van der Waals surface area contributed by atoms with Crippen LogP contribution in [0.15, 0.2) is 18.2 Å². The molecule has 6 nitrogen and oxygen atoms in total. The number of nitrogens with zero attached hydrogens (tertiary/aromatic N) is 2. The molecule has 2 unspecified atom stereocenters. The lowest BCUT2D eigenvalue weighted by Gasteiger charge is -2.36. The van der Waals surface area contributed by atoms with Crippen molar-refractivity contribution in [2.45, 2.75) is 114 Å². The van der Waals surface area contributed by atoms with E-state index in [1.165, 1.54) is 0 Å². The molecule has 1 heterocycles. The second-order valence-electron chi connectivity index (χ2n) is 13.5. The highest BCUT2D eigenvalue weighted by atomic mass is 32.2. The molecule has 2 aliphatic rings. The average Bonchev–Trinajstić information content (AvgIpc) is 3.59. The zero-order valence-corrected chi connectivity index (χ0v) is 25.7. The quantitative estimate of drug-likeness (QED) is 0.179. The van der Waals surface area contributed by atoms with Crippen molar-refractivity contribution in [2.75, 3.05) is 6.61 Å². The first-order valence-corrected chi connectivity index (χ1v) is 18.9. The number of ether oxygens (including phenoxy) is 1. The molecule has 10 heteroatoms. The smallest absolute Gasteiger partial charge is 0.248 e. The lowest BCUT2D eigenvalue weighted by atomic mass is 9.81. The summed E-state index contributed by atoms with van der Waals surface area (Å²) < 4.78 is 53.4. The van der Waals surface area contributed by atoms with Gasteiger partial charge in [0.1, 0.15) is 23.3 Å². The summed E-state index contributed by atoms with van der Waals surface area (Å²) in [5.41, 5.74) is 9.26. The van der Waals surface area contributed by atoms with Crippen molar-refractivity contribution < 1.29 is 18.1 Å². The minimum Gasteiger partial charge on any atom is -0.598 e. The van der Waals surface area contributed by atoms with Crippen LogP contribution in [0.4, 0.5) is 8.78 Å². The van der Waals surface area contributed by atoms with Gasteiger partial charge in [0.05, 0.1) is 11.0 Å². The zero-order chi connectivity index (χ0) is 27.9. The Hall–Kier alpha value is -1.04. The van der Waals surface area contributed by atoms with E-state index in [0.29, 0.717) is 31.2 Å². The van der Waals surface area contributed by atoms with Crippen LogP contribution < -0.4 is 10.5 Å². The number of nitrogens with two attached hydrogens (primary N) is 1. The molecule has 1 aromatic carbocycles. The number of hydrogen-bond acceptors (Lipinski definition) is 5. The lowest BCUT2D eigenvalue weighted by molar-refractivity contribution is -0.0580. The number of aromatic nitrogens is 2. The highest BCUT2D eigenvalue weighted by molar-refractivity contribution is 7.90. The van der Waals surface area contributed by atoms with Crippen LogP contribution in [0.2, 0.25) is 25.7 Å². The predicted molar refractivity (Wildman–Crippen MR) is 154 cm³/mol. The van der Waals surface area contributed by atoms with Crippen molar-refractivity contribution in [2.24, 2.45) is 17.6 Å². The van der Waals surface area contributed by atoms with Gasteiger partial charge in [-0.25, -0.2) is 13.8 Å². The number of alkyl halides is 2. The van der Waals surface area contributed by atoms with Crippen LogP contribution in [0.5, 0.6) is 0 Å². The number of benzene rings is 1. The van der Waals surface area contributed by atoms with Crippen molar-refractivity contribution in [1.29, 1.82) is 0 Å². The summed E-state index contributed by atoms with van der Waals surface area (Å²) in [6, 6.07) is 6.50. The number of nitrogens with one attached hydrogen (secondary N) is 1. The van der Waals surface area contributed by atoms with Crippen molar-refractivity contribution in [3.05, 3.63) is 29.6 Å². The van der Waals surface area contributed by atoms with Crippen LogP contribution >= 0.6 is 0 Å². The van der Waals surface area contributed by atoms with Gasteiger partial charge in [-0.3, -0.25) is 0 Å². The third-order valence-corrected chi connectivity index (χ3v) is 11.0. The molecule has 1 aromatic heterocycles. The monoisotopic (exact) mass is 568 g/mol. The highest BCUT2D eigenvalue weighted by Crippen LogP contribution is 2.44. The SMILES string of the molecule is CC(C)(C)[S@@+]([O-])NC(c1nc2ccc(C(N)C3CC3)cc2n1COCC[Si](C)(C)C)[C@@H]1CCCC(F)(F)C1. The molecule has 2 aliphatic carbocycles. The minimum atomic E-state index is -2.74. The van der Waals surface area contributed by atoms with E-state index in [9.17, 15) is 13.3 Å². The molecule has 3 N–H and O–H groups in total. The predicted octanol–water partition coefficient (Wildman–Crippen LogP) is 6.68. The first-order valence-electron chi connectivity index (χ1n) is 14.0. The number of hydrogen-bond donors (Lipinski definition) is 2. The Morgan fingerprint density at radius 1 is 1.24 bits per heavy atom. The zero-order valence-electron chi connectivity index (χ0n) is 23.9. The van der Waals surface area contributed by atoms with E-state index < -0.39 is 42.1 Å². The fourth-order valence-electron chi connectivity index (χ4n) is 5.15. The van der Waals surface area contributed by atoms with Crippen LogP contribution in [0, 0.1) is 11.8 Å². The van der Waals surface area contributed by atoms with Crippen LogP contribution in [0.3, 0.4) is 0 Å². The van der Waals surface area contributed by atoms with E-state index in [1.54, 1.807) is 0 Å². The molecule has 2 saturated carbocycles. The summed E-state index contributed by atoms with van der Waals surface area (Å²) >= 11 is -1.46. The Morgan fingerprint density at radius 2 is 1.95 bits per heavy atom. The molecule has 0 saturated heterocycles. The van der Waals surface area contributed by atoms with E-state index in [4.69, 9.17) is 15.5 Å². The lowest BCUT2D eigenvalue weighted by Crippen LogP contribution is -2.45. The first kappa shape index (κ1) is 29.9. The third-order valence-electron chi connectivity index (χ3n) is 7.75. The largest absolute Gasteiger partial charge is 0.598 e. The van der Waals surface area contributed by atoms with E-state index in [1.807, 2.05) is 37.5 Å². The van der Waals surface area contributed by atoms with Crippen LogP contribution in [0.25, 0.3) is 11.0 Å². The summed E-state index contributed by atoms with van der Waals surface area (Å²) in [7, 11) is -1.29. The molecule has 0 aliphatic heterocycles. The third kappa shape index (κ3) is 7.57. The van der Waals surface area contributed by atoms with Crippen LogP contribution in [0.1, 0.15) is 82.8 Å². The van der Waals surface area contributed by atoms with E-state index >= 15 is 0 Å². The molecular weight excluding hydrogens is 522 g/mol. The molecule has 4 atom stereocenters. The van der Waals surface area contributed by atoms with Crippen molar-refractivity contribution in [1.82, 2.24) is 14.3 Å². The van der Waals surface area contributed by atoms with Crippen molar-refractivity contribution >= 4 is 30.5 Å². The molecule has 4 rings (SSSR count). The van der Waals surface area contributed by atoms with Crippen LogP contribution in [-0.2, 0) is 22.8 Å². The van der Waals surface area contributed by atoms with Crippen molar-refractivity contribution in [3.8, 4) is 0 Å². The molecule has 0 spiro atoms. The second-order valence-corrected chi connectivity index (χ2v) is 21.2. The van der Waals surface area contributed by atoms with Gasteiger partial charge in [-0.05, 0) is 82.0 Å².